The van der Waals surface area contributed by atoms with Gasteiger partial charge in [-0.05, 0) is 43.3 Å². The van der Waals surface area contributed by atoms with E-state index in [4.69, 9.17) is 16.3 Å². The molecule has 0 aliphatic rings. The van der Waals surface area contributed by atoms with Gasteiger partial charge in [0.05, 0.1) is 19.0 Å². The van der Waals surface area contributed by atoms with Crippen LogP contribution in [0.3, 0.4) is 0 Å². The van der Waals surface area contributed by atoms with Crippen molar-refractivity contribution in [2.75, 3.05) is 19.0 Å². The van der Waals surface area contributed by atoms with Gasteiger partial charge in [-0.2, -0.15) is 4.98 Å². The fraction of sp³-hybridized carbons (Fsp3) is 0.143. The number of nitrogens with zero attached hydrogens (tertiary/aromatic N) is 4. The fourth-order valence-electron chi connectivity index (χ4n) is 2.99. The molecule has 0 saturated carbocycles. The van der Waals surface area contributed by atoms with Gasteiger partial charge in [-0.25, -0.2) is 9.97 Å². The highest BCUT2D eigenvalue weighted by atomic mass is 35.5. The molecule has 0 saturated heterocycles. The molecule has 0 spiro atoms. The van der Waals surface area contributed by atoms with E-state index < -0.39 is 0 Å². The Morgan fingerprint density at radius 1 is 1.07 bits per heavy atom. The Morgan fingerprint density at radius 3 is 2.45 bits per heavy atom. The van der Waals surface area contributed by atoms with Crippen molar-refractivity contribution in [2.45, 2.75) is 6.92 Å². The number of methoxy groups -OCH3 is 1. The van der Waals surface area contributed by atoms with Crippen LogP contribution in [0.25, 0.3) is 28.1 Å². The Hall–Kier alpha value is -3.45. The highest BCUT2D eigenvalue weighted by Gasteiger charge is 2.16. The van der Waals surface area contributed by atoms with Gasteiger partial charge < -0.3 is 10.1 Å². The van der Waals surface area contributed by atoms with E-state index in [1.165, 1.54) is 4.57 Å². The summed E-state index contributed by atoms with van der Waals surface area (Å²) in [6, 6.07) is 14.2. The molecule has 7 nitrogen and oxygen atoms in total. The first kappa shape index (κ1) is 18.9. The summed E-state index contributed by atoms with van der Waals surface area (Å²) in [5.41, 5.74) is 2.26. The van der Waals surface area contributed by atoms with Crippen LogP contribution in [0.5, 0.6) is 5.75 Å². The van der Waals surface area contributed by atoms with E-state index in [9.17, 15) is 4.79 Å². The van der Waals surface area contributed by atoms with Crippen LogP contribution in [0.4, 0.5) is 5.95 Å². The average Bonchev–Trinajstić information content (AvgIpc) is 2.74. The predicted molar refractivity (Wildman–Crippen MR) is 114 cm³/mol. The first-order valence-electron chi connectivity index (χ1n) is 9.04. The van der Waals surface area contributed by atoms with Gasteiger partial charge in [-0.15, -0.1) is 0 Å². The van der Waals surface area contributed by atoms with Crippen molar-refractivity contribution in [1.82, 2.24) is 19.5 Å². The van der Waals surface area contributed by atoms with E-state index >= 15 is 0 Å². The lowest BCUT2D eigenvalue weighted by atomic mass is 10.1. The zero-order valence-corrected chi connectivity index (χ0v) is 16.6. The molecule has 0 unspecified atom stereocenters. The third-order valence-corrected chi connectivity index (χ3v) is 4.63. The number of ether oxygens (including phenoxy) is 1. The Morgan fingerprint density at radius 2 is 1.79 bits per heavy atom. The van der Waals surface area contributed by atoms with Gasteiger partial charge in [0.1, 0.15) is 17.0 Å². The molecule has 1 N–H and O–H groups in total. The number of anilines is 1. The second-order valence-corrected chi connectivity index (χ2v) is 6.68. The van der Waals surface area contributed by atoms with Gasteiger partial charge in [-0.1, -0.05) is 23.7 Å². The Bertz CT molecular complexity index is 1220. The molecule has 0 atom stereocenters. The zero-order valence-electron chi connectivity index (χ0n) is 15.9. The average molecular weight is 408 g/mol. The molecule has 4 rings (SSSR count). The SMILES string of the molecule is CCNc1ncc2nc(-c3ccc(Cl)cc3)c(=O)n(-c3ccc(OC)cc3)c2n1. The third-order valence-electron chi connectivity index (χ3n) is 4.38. The first-order chi connectivity index (χ1) is 14.1. The highest BCUT2D eigenvalue weighted by molar-refractivity contribution is 6.30. The molecule has 0 aliphatic carbocycles. The predicted octanol–water partition coefficient (Wildman–Crippen LogP) is 3.94. The quantitative estimate of drug-likeness (QED) is 0.539. The van der Waals surface area contributed by atoms with Crippen molar-refractivity contribution in [3.8, 4) is 22.7 Å². The van der Waals surface area contributed by atoms with Crippen LogP contribution in [-0.2, 0) is 0 Å². The largest absolute Gasteiger partial charge is 0.497 e. The van der Waals surface area contributed by atoms with Crippen molar-refractivity contribution in [3.63, 3.8) is 0 Å². The molecule has 8 heteroatoms. The third kappa shape index (κ3) is 3.64. The number of hydrogen-bond donors (Lipinski definition) is 1. The molecule has 2 aromatic heterocycles. The topological polar surface area (TPSA) is 81.9 Å². The highest BCUT2D eigenvalue weighted by Crippen LogP contribution is 2.22. The molecule has 4 aromatic rings. The lowest BCUT2D eigenvalue weighted by Crippen LogP contribution is -2.23. The van der Waals surface area contributed by atoms with Crippen molar-refractivity contribution in [2.24, 2.45) is 0 Å². The lowest BCUT2D eigenvalue weighted by molar-refractivity contribution is 0.414. The van der Waals surface area contributed by atoms with E-state index in [0.717, 1.165) is 0 Å². The van der Waals surface area contributed by atoms with Crippen LogP contribution in [0.15, 0.2) is 59.5 Å². The van der Waals surface area contributed by atoms with Crippen LogP contribution < -0.4 is 15.6 Å². The van der Waals surface area contributed by atoms with Crippen LogP contribution in [0.1, 0.15) is 6.92 Å². The number of hydrogen-bond acceptors (Lipinski definition) is 6. The Kier molecular flexibility index (Phi) is 5.14. The fourth-order valence-corrected chi connectivity index (χ4v) is 3.12. The number of fused-ring (bicyclic) bond motifs is 1. The van der Waals surface area contributed by atoms with Crippen molar-refractivity contribution in [1.29, 1.82) is 0 Å². The maximum Gasteiger partial charge on any atom is 0.283 e. The molecule has 0 fully saturated rings. The molecular weight excluding hydrogens is 390 g/mol. The van der Waals surface area contributed by atoms with Crippen molar-refractivity contribution in [3.05, 3.63) is 70.1 Å². The van der Waals surface area contributed by atoms with Crippen LogP contribution in [0, 0.1) is 0 Å². The van der Waals surface area contributed by atoms with E-state index in [1.54, 1.807) is 61.8 Å². The molecule has 0 aliphatic heterocycles. The van der Waals surface area contributed by atoms with Crippen molar-refractivity contribution < 1.29 is 4.74 Å². The second-order valence-electron chi connectivity index (χ2n) is 6.24. The second kappa shape index (κ2) is 7.89. The summed E-state index contributed by atoms with van der Waals surface area (Å²) in [7, 11) is 1.59. The number of aromatic nitrogens is 4. The van der Waals surface area contributed by atoms with Crippen LogP contribution in [-0.4, -0.2) is 33.2 Å². The van der Waals surface area contributed by atoms with E-state index in [-0.39, 0.29) is 5.56 Å². The van der Waals surface area contributed by atoms with Crippen LogP contribution >= 0.6 is 11.6 Å². The minimum absolute atomic E-state index is 0.286. The Balaban J connectivity index is 2.02. The standard InChI is InChI=1S/C21H18ClN5O2/c1-3-23-21-24-12-17-19(26-21)27(15-8-10-16(29-2)11-9-15)20(28)18(25-17)13-4-6-14(22)7-5-13/h4-12H,3H2,1-2H3,(H,23,24,26). The molecule has 146 valence electrons. The minimum Gasteiger partial charge on any atom is -0.497 e. The maximum atomic E-state index is 13.4. The van der Waals surface area contributed by atoms with Crippen LogP contribution in [0.2, 0.25) is 5.02 Å². The molecule has 2 heterocycles. The van der Waals surface area contributed by atoms with Gasteiger partial charge in [-0.3, -0.25) is 9.36 Å². The summed E-state index contributed by atoms with van der Waals surface area (Å²) in [6.07, 6.45) is 1.61. The summed E-state index contributed by atoms with van der Waals surface area (Å²) in [5.74, 6) is 1.13. The zero-order chi connectivity index (χ0) is 20.4. The number of halogens is 1. The summed E-state index contributed by atoms with van der Waals surface area (Å²) < 4.78 is 6.77. The smallest absolute Gasteiger partial charge is 0.283 e. The summed E-state index contributed by atoms with van der Waals surface area (Å²) in [4.78, 5) is 26.8. The summed E-state index contributed by atoms with van der Waals surface area (Å²) in [5, 5.41) is 3.66. The van der Waals surface area contributed by atoms with Gasteiger partial charge in [0.25, 0.3) is 5.56 Å². The molecular formula is C21H18ClN5O2. The normalized spacial score (nSPS) is 10.9. The molecule has 2 aromatic carbocycles. The van der Waals surface area contributed by atoms with Gasteiger partial charge in [0.2, 0.25) is 5.95 Å². The number of rotatable bonds is 5. The van der Waals surface area contributed by atoms with E-state index in [1.807, 2.05) is 6.92 Å². The monoisotopic (exact) mass is 407 g/mol. The number of benzene rings is 2. The molecule has 0 amide bonds. The molecule has 29 heavy (non-hydrogen) atoms. The molecule has 0 bridgehead atoms. The van der Waals surface area contributed by atoms with Gasteiger partial charge in [0, 0.05) is 17.1 Å². The maximum absolute atomic E-state index is 13.4. The Labute approximate surface area is 172 Å². The molecule has 0 radical (unpaired) electrons. The van der Waals surface area contributed by atoms with Gasteiger partial charge >= 0.3 is 0 Å². The van der Waals surface area contributed by atoms with E-state index in [0.29, 0.717) is 51.4 Å². The number of nitrogens with one attached hydrogen (secondary N) is 1. The summed E-state index contributed by atoms with van der Waals surface area (Å²) in [6.45, 7) is 2.61. The van der Waals surface area contributed by atoms with E-state index in [2.05, 4.69) is 20.3 Å². The lowest BCUT2D eigenvalue weighted by Gasteiger charge is -2.13. The van der Waals surface area contributed by atoms with Crippen molar-refractivity contribution >= 4 is 28.7 Å². The first-order valence-corrected chi connectivity index (χ1v) is 9.42. The van der Waals surface area contributed by atoms with Gasteiger partial charge in [0.15, 0.2) is 5.65 Å². The minimum atomic E-state index is -0.286. The summed E-state index contributed by atoms with van der Waals surface area (Å²) >= 11 is 5.99.